The molecule has 2 fully saturated rings. The van der Waals surface area contributed by atoms with Gasteiger partial charge >= 0.3 is 6.03 Å². The molecule has 0 saturated carbocycles. The molecule has 30 heavy (non-hydrogen) atoms. The second-order valence-electron chi connectivity index (χ2n) is 7.31. The fraction of sp³-hybridized carbons (Fsp3) is 0.400. The molecule has 2 aliphatic heterocycles. The third-order valence-electron chi connectivity index (χ3n) is 5.24. The van der Waals surface area contributed by atoms with E-state index in [2.05, 4.69) is 25.9 Å². The third-order valence-corrected chi connectivity index (χ3v) is 5.24. The monoisotopic (exact) mass is 411 g/mol. The molecule has 1 atom stereocenters. The number of rotatable bonds is 5. The van der Waals surface area contributed by atoms with Gasteiger partial charge in [0, 0.05) is 37.2 Å². The number of aliphatic hydroxyl groups is 1. The fourth-order valence-corrected chi connectivity index (χ4v) is 3.76. The van der Waals surface area contributed by atoms with Crippen molar-refractivity contribution in [1.29, 1.82) is 0 Å². The molecule has 2 saturated heterocycles. The Morgan fingerprint density at radius 1 is 1.27 bits per heavy atom. The highest BCUT2D eigenvalue weighted by Crippen LogP contribution is 2.23. The van der Waals surface area contributed by atoms with E-state index in [-0.39, 0.29) is 18.6 Å². The standard InChI is InChI=1S/C20H25N7O3/c28-13-16-5-2-9-27(16)19-22-7-6-17(24-19)25-20(30)23-14-3-1-4-15(11-14)26-10-8-21-18(29)12-26/h1,3-4,6-7,11,16,28H,2,5,8-10,12-13H2,(H,21,29)(H2,22,23,24,25,30)/t16-/m0/s1. The van der Waals surface area contributed by atoms with Gasteiger partial charge in [0.05, 0.1) is 19.2 Å². The van der Waals surface area contributed by atoms with Crippen LogP contribution in [-0.4, -0.2) is 65.8 Å². The van der Waals surface area contributed by atoms with E-state index < -0.39 is 6.03 Å². The Bertz CT molecular complexity index is 923. The van der Waals surface area contributed by atoms with Gasteiger partial charge in [0.1, 0.15) is 5.82 Å². The zero-order chi connectivity index (χ0) is 20.9. The number of anilines is 4. The molecule has 2 aromatic rings. The van der Waals surface area contributed by atoms with E-state index in [4.69, 9.17) is 0 Å². The van der Waals surface area contributed by atoms with Crippen molar-refractivity contribution in [2.75, 3.05) is 53.2 Å². The number of aromatic nitrogens is 2. The number of aliphatic hydroxyl groups excluding tert-OH is 1. The van der Waals surface area contributed by atoms with Gasteiger partial charge in [-0.2, -0.15) is 4.98 Å². The Kier molecular flexibility index (Phi) is 5.94. The predicted octanol–water partition coefficient (Wildman–Crippen LogP) is 1.02. The first-order valence-corrected chi connectivity index (χ1v) is 10.0. The Morgan fingerprint density at radius 3 is 3.00 bits per heavy atom. The van der Waals surface area contributed by atoms with Crippen molar-refractivity contribution in [3.8, 4) is 0 Å². The minimum Gasteiger partial charge on any atom is -0.394 e. The van der Waals surface area contributed by atoms with E-state index in [1.165, 1.54) is 0 Å². The van der Waals surface area contributed by atoms with Crippen molar-refractivity contribution < 1.29 is 14.7 Å². The summed E-state index contributed by atoms with van der Waals surface area (Å²) in [5.41, 5.74) is 1.49. The number of amides is 3. The first kappa shape index (κ1) is 19.9. The molecule has 158 valence electrons. The first-order valence-electron chi connectivity index (χ1n) is 10.0. The van der Waals surface area contributed by atoms with Gasteiger partial charge in [-0.05, 0) is 37.1 Å². The Labute approximate surface area is 174 Å². The van der Waals surface area contributed by atoms with Crippen molar-refractivity contribution >= 4 is 35.1 Å². The summed E-state index contributed by atoms with van der Waals surface area (Å²) < 4.78 is 0. The smallest absolute Gasteiger partial charge is 0.324 e. The van der Waals surface area contributed by atoms with Crippen molar-refractivity contribution in [3.63, 3.8) is 0 Å². The average molecular weight is 411 g/mol. The Balaban J connectivity index is 1.40. The minimum atomic E-state index is -0.423. The third kappa shape index (κ3) is 4.60. The summed E-state index contributed by atoms with van der Waals surface area (Å²) in [5.74, 6) is 0.859. The van der Waals surface area contributed by atoms with Gasteiger partial charge in [-0.25, -0.2) is 9.78 Å². The number of carbonyl (C=O) groups is 2. The lowest BCUT2D eigenvalue weighted by atomic mass is 10.2. The van der Waals surface area contributed by atoms with Crippen LogP contribution in [0.25, 0.3) is 0 Å². The number of nitrogens with one attached hydrogen (secondary N) is 3. The van der Waals surface area contributed by atoms with Gasteiger partial charge in [0.2, 0.25) is 11.9 Å². The molecule has 4 N–H and O–H groups in total. The van der Waals surface area contributed by atoms with Crippen LogP contribution in [-0.2, 0) is 4.79 Å². The molecule has 3 heterocycles. The summed E-state index contributed by atoms with van der Waals surface area (Å²) in [6.07, 6.45) is 3.46. The summed E-state index contributed by atoms with van der Waals surface area (Å²) in [6.45, 7) is 2.45. The van der Waals surface area contributed by atoms with Crippen LogP contribution in [0.4, 0.5) is 27.9 Å². The number of urea groups is 1. The first-order chi connectivity index (χ1) is 14.6. The van der Waals surface area contributed by atoms with Gasteiger partial charge in [-0.1, -0.05) is 6.07 Å². The molecular formula is C20H25N7O3. The van der Waals surface area contributed by atoms with Gasteiger partial charge in [0.25, 0.3) is 0 Å². The molecule has 10 nitrogen and oxygen atoms in total. The van der Waals surface area contributed by atoms with Crippen LogP contribution in [0.2, 0.25) is 0 Å². The summed E-state index contributed by atoms with van der Waals surface area (Å²) in [5, 5.41) is 17.8. The van der Waals surface area contributed by atoms with Crippen LogP contribution in [0.15, 0.2) is 36.5 Å². The Hall–Kier alpha value is -3.40. The van der Waals surface area contributed by atoms with E-state index in [9.17, 15) is 14.7 Å². The molecule has 0 spiro atoms. The molecule has 0 aliphatic carbocycles. The van der Waals surface area contributed by atoms with Gasteiger partial charge in [0.15, 0.2) is 0 Å². The molecule has 4 rings (SSSR count). The topological polar surface area (TPSA) is 123 Å². The van der Waals surface area contributed by atoms with E-state index in [0.717, 1.165) is 31.6 Å². The van der Waals surface area contributed by atoms with Crippen molar-refractivity contribution in [2.45, 2.75) is 18.9 Å². The molecule has 0 radical (unpaired) electrons. The van der Waals surface area contributed by atoms with Crippen molar-refractivity contribution in [1.82, 2.24) is 15.3 Å². The summed E-state index contributed by atoms with van der Waals surface area (Å²) in [6, 6.07) is 8.57. The minimum absolute atomic E-state index is 0.00804. The van der Waals surface area contributed by atoms with Gasteiger partial charge < -0.3 is 25.5 Å². The molecule has 1 aromatic carbocycles. The van der Waals surface area contributed by atoms with Crippen LogP contribution in [0.3, 0.4) is 0 Å². The average Bonchev–Trinajstić information content (AvgIpc) is 3.23. The molecule has 0 bridgehead atoms. The van der Waals surface area contributed by atoms with Crippen LogP contribution in [0.5, 0.6) is 0 Å². The molecule has 2 aliphatic rings. The van der Waals surface area contributed by atoms with Crippen LogP contribution in [0.1, 0.15) is 12.8 Å². The molecule has 0 unspecified atom stereocenters. The molecule has 1 aromatic heterocycles. The lowest BCUT2D eigenvalue weighted by Crippen LogP contribution is -2.47. The van der Waals surface area contributed by atoms with Crippen LogP contribution < -0.4 is 25.8 Å². The highest BCUT2D eigenvalue weighted by Gasteiger charge is 2.26. The number of nitrogens with zero attached hydrogens (tertiary/aromatic N) is 4. The zero-order valence-corrected chi connectivity index (χ0v) is 16.5. The largest absolute Gasteiger partial charge is 0.394 e. The van der Waals surface area contributed by atoms with Crippen LogP contribution in [0, 0.1) is 0 Å². The molecular weight excluding hydrogens is 386 g/mol. The maximum Gasteiger partial charge on any atom is 0.324 e. The number of hydrogen-bond acceptors (Lipinski definition) is 7. The van der Waals surface area contributed by atoms with Crippen molar-refractivity contribution in [3.05, 3.63) is 36.5 Å². The zero-order valence-electron chi connectivity index (χ0n) is 16.5. The maximum absolute atomic E-state index is 12.5. The maximum atomic E-state index is 12.5. The lowest BCUT2D eigenvalue weighted by molar-refractivity contribution is -0.120. The predicted molar refractivity (Wildman–Crippen MR) is 114 cm³/mol. The van der Waals surface area contributed by atoms with E-state index in [1.54, 1.807) is 18.3 Å². The molecule has 10 heteroatoms. The highest BCUT2D eigenvalue weighted by molar-refractivity contribution is 5.99. The lowest BCUT2D eigenvalue weighted by Gasteiger charge is -2.28. The fourth-order valence-electron chi connectivity index (χ4n) is 3.76. The van der Waals surface area contributed by atoms with Crippen LogP contribution >= 0.6 is 0 Å². The summed E-state index contributed by atoms with van der Waals surface area (Å²) in [7, 11) is 0. The quantitative estimate of drug-likeness (QED) is 0.579. The second-order valence-corrected chi connectivity index (χ2v) is 7.31. The van der Waals surface area contributed by atoms with E-state index in [1.807, 2.05) is 28.0 Å². The number of benzene rings is 1. The number of hydrogen-bond donors (Lipinski definition) is 4. The molecule has 3 amide bonds. The summed E-state index contributed by atoms with van der Waals surface area (Å²) in [4.78, 5) is 36.7. The highest BCUT2D eigenvalue weighted by atomic mass is 16.3. The van der Waals surface area contributed by atoms with E-state index in [0.29, 0.717) is 30.5 Å². The second kappa shape index (κ2) is 8.95. The van der Waals surface area contributed by atoms with Gasteiger partial charge in [-0.15, -0.1) is 0 Å². The normalized spacial score (nSPS) is 18.8. The van der Waals surface area contributed by atoms with E-state index >= 15 is 0 Å². The van der Waals surface area contributed by atoms with Crippen molar-refractivity contribution in [2.24, 2.45) is 0 Å². The number of piperazine rings is 1. The van der Waals surface area contributed by atoms with Gasteiger partial charge in [-0.3, -0.25) is 10.1 Å². The summed E-state index contributed by atoms with van der Waals surface area (Å²) >= 11 is 0. The Morgan fingerprint density at radius 2 is 2.17 bits per heavy atom. The number of carbonyl (C=O) groups excluding carboxylic acids is 2. The SMILES string of the molecule is O=C1CN(c2cccc(NC(=O)Nc3ccnc(N4CCC[C@H]4CO)n3)c2)CCN1.